The van der Waals surface area contributed by atoms with E-state index in [4.69, 9.17) is 16.9 Å². The molecule has 6 N–H and O–H groups in total. The molecule has 0 aliphatic rings. The van der Waals surface area contributed by atoms with Crippen LogP contribution in [0.3, 0.4) is 0 Å². The molecule has 1 amide bonds. The fraction of sp³-hybridized carbons (Fsp3) is 0.667. The number of nitrogens with one attached hydrogen (secondary N) is 2. The van der Waals surface area contributed by atoms with Gasteiger partial charge in [0.05, 0.1) is 5.75 Å². The Balaban J connectivity index is 4.00. The summed E-state index contributed by atoms with van der Waals surface area (Å²) in [7, 11) is 0. The first kappa shape index (κ1) is 14.8. The number of aliphatic imine (C=N–C) groups is 1. The van der Waals surface area contributed by atoms with E-state index in [1.807, 2.05) is 20.8 Å². The van der Waals surface area contributed by atoms with E-state index in [2.05, 4.69) is 10.3 Å². The average molecular weight is 245 g/mol. The van der Waals surface area contributed by atoms with Gasteiger partial charge in [0.25, 0.3) is 0 Å². The number of amidine groups is 1. The smallest absolute Gasteiger partial charge is 0.230 e. The third kappa shape index (κ3) is 7.10. The van der Waals surface area contributed by atoms with Gasteiger partial charge in [-0.1, -0.05) is 18.7 Å². The van der Waals surface area contributed by atoms with Gasteiger partial charge in [0.2, 0.25) is 5.91 Å². The lowest BCUT2D eigenvalue weighted by Gasteiger charge is -2.24. The van der Waals surface area contributed by atoms with Crippen molar-refractivity contribution in [2.24, 2.45) is 16.5 Å². The molecule has 0 bridgehead atoms. The number of nitrogens with zero attached hydrogens (tertiary/aromatic N) is 1. The van der Waals surface area contributed by atoms with Crippen LogP contribution in [0.2, 0.25) is 0 Å². The molecule has 0 unspecified atom stereocenters. The van der Waals surface area contributed by atoms with E-state index >= 15 is 0 Å². The Bertz CT molecular complexity index is 296. The second kappa shape index (κ2) is 6.37. The summed E-state index contributed by atoms with van der Waals surface area (Å²) in [6.07, 6.45) is 0.842. The Morgan fingerprint density at radius 2 is 2.06 bits per heavy atom. The van der Waals surface area contributed by atoms with E-state index < -0.39 is 0 Å². The fourth-order valence-electron chi connectivity index (χ4n) is 0.785. The molecule has 0 aliphatic heterocycles. The minimum atomic E-state index is -0.226. The van der Waals surface area contributed by atoms with Crippen molar-refractivity contribution >= 4 is 28.8 Å². The standard InChI is InChI=1S/C9H19N5OS/c1-4-9(2,3)14-6(15)5-16-8(12)13-7(10)11/h4-5H2,1-3H3,(H,14,15)(H5,10,11,12,13). The van der Waals surface area contributed by atoms with Crippen molar-refractivity contribution in [1.82, 2.24) is 5.32 Å². The summed E-state index contributed by atoms with van der Waals surface area (Å²) < 4.78 is 0. The Kier molecular flexibility index (Phi) is 5.87. The van der Waals surface area contributed by atoms with Crippen LogP contribution < -0.4 is 16.8 Å². The highest BCUT2D eigenvalue weighted by molar-refractivity contribution is 8.14. The molecule has 0 spiro atoms. The van der Waals surface area contributed by atoms with Crippen LogP contribution in [0, 0.1) is 5.41 Å². The highest BCUT2D eigenvalue weighted by Crippen LogP contribution is 2.08. The van der Waals surface area contributed by atoms with E-state index in [1.54, 1.807) is 0 Å². The summed E-state index contributed by atoms with van der Waals surface area (Å²) in [6, 6.07) is 0. The van der Waals surface area contributed by atoms with E-state index in [0.29, 0.717) is 0 Å². The molecule has 0 radical (unpaired) electrons. The molecule has 0 atom stereocenters. The Labute approximate surface area is 99.8 Å². The molecule has 0 saturated carbocycles. The van der Waals surface area contributed by atoms with Gasteiger partial charge in [-0.15, -0.1) is 0 Å². The molecule has 0 aromatic rings. The van der Waals surface area contributed by atoms with Crippen LogP contribution in [-0.4, -0.2) is 28.3 Å². The van der Waals surface area contributed by atoms with Gasteiger partial charge in [0.15, 0.2) is 11.1 Å². The predicted octanol–water partition coefficient (Wildman–Crippen LogP) is 0.233. The second-order valence-corrected chi connectivity index (χ2v) is 4.88. The molecule has 6 nitrogen and oxygen atoms in total. The molecule has 0 heterocycles. The van der Waals surface area contributed by atoms with E-state index in [9.17, 15) is 4.79 Å². The van der Waals surface area contributed by atoms with Crippen molar-refractivity contribution < 1.29 is 4.79 Å². The molecule has 0 aromatic heterocycles. The molecule has 0 aliphatic carbocycles. The number of hydrogen-bond donors (Lipinski definition) is 4. The first-order chi connectivity index (χ1) is 7.26. The van der Waals surface area contributed by atoms with E-state index in [1.165, 1.54) is 0 Å². The molecule has 92 valence electrons. The number of carbonyl (C=O) groups is 1. The number of thioether (sulfide) groups is 1. The molecular weight excluding hydrogens is 226 g/mol. The van der Waals surface area contributed by atoms with Gasteiger partial charge in [-0.3, -0.25) is 10.2 Å². The summed E-state index contributed by atoms with van der Waals surface area (Å²) in [5.74, 6) is -0.168. The second-order valence-electron chi connectivity index (χ2n) is 3.92. The van der Waals surface area contributed by atoms with Gasteiger partial charge in [-0.05, 0) is 20.3 Å². The van der Waals surface area contributed by atoms with Crippen LogP contribution in [0.25, 0.3) is 0 Å². The number of hydrogen-bond acceptors (Lipinski definition) is 3. The molecular formula is C9H19N5OS. The van der Waals surface area contributed by atoms with Gasteiger partial charge < -0.3 is 16.8 Å². The third-order valence-corrected chi connectivity index (χ3v) is 2.70. The zero-order chi connectivity index (χ0) is 12.8. The number of nitrogens with two attached hydrogens (primary N) is 2. The van der Waals surface area contributed by atoms with Gasteiger partial charge >= 0.3 is 0 Å². The molecule has 0 aromatic carbocycles. The maximum Gasteiger partial charge on any atom is 0.230 e. The first-order valence-corrected chi connectivity index (χ1v) is 5.87. The Morgan fingerprint density at radius 3 is 2.50 bits per heavy atom. The summed E-state index contributed by atoms with van der Waals surface area (Å²) in [5, 5.41) is 10.1. The monoisotopic (exact) mass is 245 g/mol. The number of carbonyl (C=O) groups excluding carboxylic acids is 1. The zero-order valence-electron chi connectivity index (χ0n) is 9.83. The highest BCUT2D eigenvalue weighted by Gasteiger charge is 2.17. The van der Waals surface area contributed by atoms with Gasteiger partial charge in [0, 0.05) is 5.54 Å². The first-order valence-electron chi connectivity index (χ1n) is 4.89. The van der Waals surface area contributed by atoms with Gasteiger partial charge in [0.1, 0.15) is 0 Å². The Hall–Kier alpha value is -1.24. The van der Waals surface area contributed by atoms with Crippen LogP contribution in [0.1, 0.15) is 27.2 Å². The molecule has 0 saturated heterocycles. The summed E-state index contributed by atoms with van der Waals surface area (Å²) in [5.41, 5.74) is 9.97. The molecule has 0 fully saturated rings. The SMILES string of the molecule is CCC(C)(C)NC(=O)CSC(=N)N=C(N)N. The average Bonchev–Trinajstić information content (AvgIpc) is 2.13. The lowest BCUT2D eigenvalue weighted by Crippen LogP contribution is -2.43. The summed E-state index contributed by atoms with van der Waals surface area (Å²) in [6.45, 7) is 5.88. The van der Waals surface area contributed by atoms with Crippen molar-refractivity contribution in [2.45, 2.75) is 32.7 Å². The van der Waals surface area contributed by atoms with Crippen LogP contribution in [0.4, 0.5) is 0 Å². The lowest BCUT2D eigenvalue weighted by atomic mass is 10.0. The quantitative estimate of drug-likeness (QED) is 0.419. The molecule has 7 heteroatoms. The number of amides is 1. The topological polar surface area (TPSA) is 117 Å². The van der Waals surface area contributed by atoms with Crippen LogP contribution >= 0.6 is 11.8 Å². The van der Waals surface area contributed by atoms with Crippen molar-refractivity contribution in [3.05, 3.63) is 0 Å². The van der Waals surface area contributed by atoms with Crippen molar-refractivity contribution in [1.29, 1.82) is 5.41 Å². The van der Waals surface area contributed by atoms with Crippen LogP contribution in [0.5, 0.6) is 0 Å². The normalized spacial score (nSPS) is 10.7. The maximum absolute atomic E-state index is 11.5. The van der Waals surface area contributed by atoms with E-state index in [0.717, 1.165) is 18.2 Å². The minimum Gasteiger partial charge on any atom is -0.370 e. The summed E-state index contributed by atoms with van der Waals surface area (Å²) in [4.78, 5) is 15.0. The maximum atomic E-state index is 11.5. The van der Waals surface area contributed by atoms with Gasteiger partial charge in [-0.2, -0.15) is 4.99 Å². The summed E-state index contributed by atoms with van der Waals surface area (Å²) >= 11 is 0.988. The third-order valence-electron chi connectivity index (χ3n) is 1.93. The van der Waals surface area contributed by atoms with E-state index in [-0.39, 0.29) is 28.3 Å². The molecule has 16 heavy (non-hydrogen) atoms. The fourth-order valence-corrected chi connectivity index (χ4v) is 1.30. The van der Waals surface area contributed by atoms with Crippen molar-refractivity contribution in [3.63, 3.8) is 0 Å². The van der Waals surface area contributed by atoms with Gasteiger partial charge in [-0.25, -0.2) is 0 Å². The lowest BCUT2D eigenvalue weighted by molar-refractivity contribution is -0.120. The largest absolute Gasteiger partial charge is 0.370 e. The minimum absolute atomic E-state index is 0.0653. The number of rotatable bonds is 4. The van der Waals surface area contributed by atoms with Crippen molar-refractivity contribution in [3.8, 4) is 0 Å². The van der Waals surface area contributed by atoms with Crippen molar-refractivity contribution in [2.75, 3.05) is 5.75 Å². The zero-order valence-corrected chi connectivity index (χ0v) is 10.6. The number of guanidine groups is 1. The van der Waals surface area contributed by atoms with Crippen LogP contribution in [-0.2, 0) is 4.79 Å². The Morgan fingerprint density at radius 1 is 1.50 bits per heavy atom. The van der Waals surface area contributed by atoms with Crippen LogP contribution in [0.15, 0.2) is 4.99 Å². The predicted molar refractivity (Wildman–Crippen MR) is 68.5 cm³/mol. The molecule has 0 rings (SSSR count). The highest BCUT2D eigenvalue weighted by atomic mass is 32.2.